The van der Waals surface area contributed by atoms with Crippen molar-refractivity contribution < 1.29 is 19.4 Å². The number of aliphatic hydroxyl groups excluding tert-OH is 1. The first kappa shape index (κ1) is 19.5. The highest BCUT2D eigenvalue weighted by molar-refractivity contribution is 5.81. The Morgan fingerprint density at radius 1 is 1.24 bits per heavy atom. The molecule has 2 aromatic carbocycles. The second-order valence-corrected chi connectivity index (χ2v) is 7.64. The third-order valence-corrected chi connectivity index (χ3v) is 5.75. The molecule has 29 heavy (non-hydrogen) atoms. The van der Waals surface area contributed by atoms with E-state index in [1.54, 1.807) is 0 Å². The van der Waals surface area contributed by atoms with Crippen molar-refractivity contribution in [2.45, 2.75) is 38.5 Å². The molecule has 1 unspecified atom stereocenters. The van der Waals surface area contributed by atoms with Crippen molar-refractivity contribution in [2.75, 3.05) is 25.2 Å². The van der Waals surface area contributed by atoms with Crippen LogP contribution in [0.5, 0.6) is 11.5 Å². The summed E-state index contributed by atoms with van der Waals surface area (Å²) in [6.45, 7) is 3.75. The van der Waals surface area contributed by atoms with Crippen molar-refractivity contribution in [2.24, 2.45) is 5.73 Å². The molecule has 2 aliphatic heterocycles. The summed E-state index contributed by atoms with van der Waals surface area (Å²) in [4.78, 5) is 14.4. The third-order valence-electron chi connectivity index (χ3n) is 5.75. The molecule has 7 nitrogen and oxygen atoms in total. The summed E-state index contributed by atoms with van der Waals surface area (Å²) in [6.07, 6.45) is 1.76. The molecule has 1 atom stereocenters. The zero-order valence-electron chi connectivity index (χ0n) is 16.6. The quantitative estimate of drug-likeness (QED) is 0.692. The Kier molecular flexibility index (Phi) is 5.60. The lowest BCUT2D eigenvalue weighted by Crippen LogP contribution is -2.45. The fourth-order valence-corrected chi connectivity index (χ4v) is 4.21. The van der Waals surface area contributed by atoms with E-state index in [0.29, 0.717) is 11.5 Å². The molecule has 154 valence electrons. The van der Waals surface area contributed by atoms with E-state index in [1.165, 1.54) is 0 Å². The number of aryl methyl sites for hydroxylation is 1. The number of anilines is 1. The van der Waals surface area contributed by atoms with Crippen LogP contribution < -0.4 is 20.5 Å². The number of primary amides is 1. The Bertz CT molecular complexity index is 894. The molecular formula is C22H27N3O4. The van der Waals surface area contributed by atoms with Gasteiger partial charge < -0.3 is 25.6 Å². The van der Waals surface area contributed by atoms with Gasteiger partial charge in [-0.25, -0.2) is 0 Å². The number of nitrogens with two attached hydrogens (primary N) is 1. The van der Waals surface area contributed by atoms with Gasteiger partial charge in [0, 0.05) is 30.4 Å². The predicted molar refractivity (Wildman–Crippen MR) is 110 cm³/mol. The van der Waals surface area contributed by atoms with Gasteiger partial charge in [0.05, 0.1) is 6.61 Å². The van der Waals surface area contributed by atoms with E-state index in [0.717, 1.165) is 48.3 Å². The minimum Gasteiger partial charge on any atom is -0.454 e. The minimum absolute atomic E-state index is 0.0106. The van der Waals surface area contributed by atoms with Crippen LogP contribution >= 0.6 is 0 Å². The molecule has 2 aromatic rings. The molecule has 1 fully saturated rings. The molecular weight excluding hydrogens is 370 g/mol. The maximum Gasteiger partial charge on any atom is 0.239 e. The van der Waals surface area contributed by atoms with Gasteiger partial charge in [-0.05, 0) is 43.0 Å². The van der Waals surface area contributed by atoms with Crippen molar-refractivity contribution in [3.8, 4) is 11.5 Å². The Morgan fingerprint density at radius 3 is 2.72 bits per heavy atom. The number of rotatable bonds is 6. The Balaban J connectivity index is 1.45. The Labute approximate surface area is 170 Å². The molecule has 0 aliphatic carbocycles. The van der Waals surface area contributed by atoms with Crippen molar-refractivity contribution in [3.05, 3.63) is 53.1 Å². The van der Waals surface area contributed by atoms with Crippen LogP contribution in [0.25, 0.3) is 0 Å². The normalized spacial score (nSPS) is 17.9. The van der Waals surface area contributed by atoms with E-state index in [4.69, 9.17) is 15.2 Å². The molecule has 0 radical (unpaired) electrons. The van der Waals surface area contributed by atoms with Gasteiger partial charge in [-0.2, -0.15) is 0 Å². The van der Waals surface area contributed by atoms with Gasteiger partial charge in [-0.15, -0.1) is 0 Å². The van der Waals surface area contributed by atoms with Gasteiger partial charge in [-0.1, -0.05) is 24.3 Å². The molecule has 0 aromatic heterocycles. The van der Waals surface area contributed by atoms with Crippen molar-refractivity contribution in [1.82, 2.24) is 4.90 Å². The fourth-order valence-electron chi connectivity index (χ4n) is 4.21. The second kappa shape index (κ2) is 8.31. The van der Waals surface area contributed by atoms with Crippen LogP contribution in [-0.2, 0) is 11.4 Å². The minimum atomic E-state index is -0.489. The van der Waals surface area contributed by atoms with Crippen molar-refractivity contribution >= 4 is 11.6 Å². The van der Waals surface area contributed by atoms with Crippen LogP contribution in [0.15, 0.2) is 36.4 Å². The molecule has 7 heteroatoms. The van der Waals surface area contributed by atoms with Crippen LogP contribution in [0.1, 0.15) is 35.6 Å². The summed E-state index contributed by atoms with van der Waals surface area (Å²) in [5.74, 6) is 0.982. The van der Waals surface area contributed by atoms with Gasteiger partial charge in [0.15, 0.2) is 11.5 Å². The molecule has 0 saturated carbocycles. The van der Waals surface area contributed by atoms with Crippen molar-refractivity contribution in [3.63, 3.8) is 0 Å². The van der Waals surface area contributed by atoms with Gasteiger partial charge in [0.25, 0.3) is 0 Å². The van der Waals surface area contributed by atoms with E-state index >= 15 is 0 Å². The van der Waals surface area contributed by atoms with E-state index in [1.807, 2.05) is 43.3 Å². The summed E-state index contributed by atoms with van der Waals surface area (Å²) < 4.78 is 10.8. The number of nitrogens with zero attached hydrogens (tertiary/aromatic N) is 1. The molecule has 4 N–H and O–H groups in total. The number of likely N-dealkylation sites (tertiary alicyclic amines) is 1. The number of hydrogen-bond acceptors (Lipinski definition) is 6. The maximum atomic E-state index is 12.3. The predicted octanol–water partition coefficient (Wildman–Crippen LogP) is 2.32. The third kappa shape index (κ3) is 4.02. The Morgan fingerprint density at radius 2 is 2.00 bits per heavy atom. The van der Waals surface area contributed by atoms with Gasteiger partial charge in [0.1, 0.15) is 6.04 Å². The molecule has 1 saturated heterocycles. The number of aliphatic hydroxyl groups is 1. The lowest BCUT2D eigenvalue weighted by Gasteiger charge is -2.37. The number of amides is 1. The Hall–Kier alpha value is -2.77. The maximum absolute atomic E-state index is 12.3. The first-order valence-corrected chi connectivity index (χ1v) is 9.95. The number of piperidine rings is 1. The highest BCUT2D eigenvalue weighted by atomic mass is 16.7. The number of carbonyl (C=O) groups excluding carboxylic acids is 1. The number of carbonyl (C=O) groups is 1. The van der Waals surface area contributed by atoms with Gasteiger partial charge in [0.2, 0.25) is 12.7 Å². The highest BCUT2D eigenvalue weighted by Crippen LogP contribution is 2.36. The van der Waals surface area contributed by atoms with Crippen LogP contribution in [0.2, 0.25) is 0 Å². The van der Waals surface area contributed by atoms with E-state index in [9.17, 15) is 9.90 Å². The summed E-state index contributed by atoms with van der Waals surface area (Å²) >= 11 is 0. The monoisotopic (exact) mass is 397 g/mol. The van der Waals surface area contributed by atoms with E-state index in [-0.39, 0.29) is 25.3 Å². The SMILES string of the molecule is Cc1cccc(CO)c1NC1CCN(C(C(N)=O)c2ccc3c(c2)OCO3)CC1. The molecule has 0 bridgehead atoms. The van der Waals surface area contributed by atoms with E-state index < -0.39 is 6.04 Å². The smallest absolute Gasteiger partial charge is 0.239 e. The number of benzene rings is 2. The topological polar surface area (TPSA) is 97.1 Å². The van der Waals surface area contributed by atoms with Crippen LogP contribution in [0, 0.1) is 6.92 Å². The lowest BCUT2D eigenvalue weighted by atomic mass is 9.97. The zero-order chi connectivity index (χ0) is 20.4. The number of hydrogen-bond donors (Lipinski definition) is 3. The lowest BCUT2D eigenvalue weighted by molar-refractivity contribution is -0.123. The van der Waals surface area contributed by atoms with Crippen LogP contribution in [0.4, 0.5) is 5.69 Å². The number of ether oxygens (including phenoxy) is 2. The standard InChI is InChI=1S/C22H27N3O4/c1-14-3-2-4-16(12-26)20(14)24-17-7-9-25(10-8-17)21(22(23)27)15-5-6-18-19(11-15)29-13-28-18/h2-6,11,17,21,24,26H,7-10,12-13H2,1H3,(H2,23,27). The zero-order valence-corrected chi connectivity index (χ0v) is 16.6. The van der Waals surface area contributed by atoms with Crippen LogP contribution in [0.3, 0.4) is 0 Å². The number of fused-ring (bicyclic) bond motifs is 1. The molecule has 1 amide bonds. The highest BCUT2D eigenvalue weighted by Gasteiger charge is 2.31. The van der Waals surface area contributed by atoms with Gasteiger partial charge in [-0.3, -0.25) is 9.69 Å². The fraction of sp³-hybridized carbons (Fsp3) is 0.409. The molecule has 4 rings (SSSR count). The average molecular weight is 397 g/mol. The summed E-state index contributed by atoms with van der Waals surface area (Å²) in [5, 5.41) is 13.2. The average Bonchev–Trinajstić information content (AvgIpc) is 3.18. The molecule has 2 heterocycles. The number of para-hydroxylation sites is 1. The molecule has 2 aliphatic rings. The summed E-state index contributed by atoms with van der Waals surface area (Å²) in [7, 11) is 0. The largest absolute Gasteiger partial charge is 0.454 e. The van der Waals surface area contributed by atoms with Gasteiger partial charge >= 0.3 is 0 Å². The summed E-state index contributed by atoms with van der Waals surface area (Å²) in [6, 6.07) is 11.3. The van der Waals surface area contributed by atoms with Crippen molar-refractivity contribution in [1.29, 1.82) is 0 Å². The first-order chi connectivity index (χ1) is 14.1. The number of nitrogens with one attached hydrogen (secondary N) is 1. The summed E-state index contributed by atoms with van der Waals surface area (Å²) in [5.41, 5.74) is 9.63. The first-order valence-electron chi connectivity index (χ1n) is 9.95. The van der Waals surface area contributed by atoms with E-state index in [2.05, 4.69) is 10.2 Å². The van der Waals surface area contributed by atoms with Crippen LogP contribution in [-0.4, -0.2) is 41.8 Å². The molecule has 0 spiro atoms. The second-order valence-electron chi connectivity index (χ2n) is 7.64.